The molecule has 2 rings (SSSR count). The van der Waals surface area contributed by atoms with Crippen LogP contribution in [0.1, 0.15) is 47.1 Å². The average molecular weight is 225 g/mol. The molecule has 2 heteroatoms. The SMILES string of the molecule is CC.CC.CC1(C)CNc2cccc(F)c21. The molecular formula is C14H24FN. The van der Waals surface area contributed by atoms with Gasteiger partial charge in [0, 0.05) is 23.2 Å². The lowest BCUT2D eigenvalue weighted by atomic mass is 9.87. The minimum atomic E-state index is -0.0949. The average Bonchev–Trinajstić information content (AvgIpc) is 2.62. The summed E-state index contributed by atoms with van der Waals surface area (Å²) in [5, 5.41) is 3.19. The molecule has 0 saturated heterocycles. The van der Waals surface area contributed by atoms with Crippen molar-refractivity contribution in [3.63, 3.8) is 0 Å². The van der Waals surface area contributed by atoms with E-state index < -0.39 is 0 Å². The van der Waals surface area contributed by atoms with Gasteiger partial charge in [0.15, 0.2) is 0 Å². The summed E-state index contributed by atoms with van der Waals surface area (Å²) in [7, 11) is 0. The van der Waals surface area contributed by atoms with Gasteiger partial charge in [0.1, 0.15) is 5.82 Å². The van der Waals surface area contributed by atoms with Crippen molar-refractivity contribution in [2.24, 2.45) is 0 Å². The van der Waals surface area contributed by atoms with Gasteiger partial charge in [0.25, 0.3) is 0 Å². The van der Waals surface area contributed by atoms with Crippen LogP contribution in [-0.2, 0) is 5.41 Å². The van der Waals surface area contributed by atoms with E-state index in [4.69, 9.17) is 0 Å². The molecular weight excluding hydrogens is 201 g/mol. The molecule has 0 aliphatic carbocycles. The number of nitrogens with one attached hydrogen (secondary N) is 1. The number of anilines is 1. The monoisotopic (exact) mass is 225 g/mol. The zero-order valence-electron chi connectivity index (χ0n) is 11.3. The van der Waals surface area contributed by atoms with E-state index in [0.29, 0.717) is 0 Å². The highest BCUT2D eigenvalue weighted by Gasteiger charge is 2.32. The maximum Gasteiger partial charge on any atom is 0.129 e. The van der Waals surface area contributed by atoms with E-state index >= 15 is 0 Å². The molecule has 0 saturated carbocycles. The minimum Gasteiger partial charge on any atom is -0.384 e. The fourth-order valence-electron chi connectivity index (χ4n) is 1.76. The van der Waals surface area contributed by atoms with E-state index in [2.05, 4.69) is 19.2 Å². The van der Waals surface area contributed by atoms with Crippen LogP contribution < -0.4 is 5.32 Å². The van der Waals surface area contributed by atoms with E-state index in [0.717, 1.165) is 17.8 Å². The van der Waals surface area contributed by atoms with E-state index in [1.54, 1.807) is 6.07 Å². The molecule has 1 aromatic carbocycles. The quantitative estimate of drug-likeness (QED) is 0.681. The van der Waals surface area contributed by atoms with Crippen molar-refractivity contribution in [1.82, 2.24) is 0 Å². The van der Waals surface area contributed by atoms with Crippen LogP contribution in [0.15, 0.2) is 18.2 Å². The molecule has 0 spiro atoms. The molecule has 1 nitrogen and oxygen atoms in total. The Kier molecular flexibility index (Phi) is 6.09. The lowest BCUT2D eigenvalue weighted by molar-refractivity contribution is 0.527. The van der Waals surface area contributed by atoms with Gasteiger partial charge in [-0.25, -0.2) is 4.39 Å². The maximum absolute atomic E-state index is 13.3. The molecule has 1 N–H and O–H groups in total. The summed E-state index contributed by atoms with van der Waals surface area (Å²) in [6, 6.07) is 5.18. The van der Waals surface area contributed by atoms with E-state index in [-0.39, 0.29) is 11.2 Å². The van der Waals surface area contributed by atoms with Crippen LogP contribution in [0.3, 0.4) is 0 Å². The largest absolute Gasteiger partial charge is 0.384 e. The van der Waals surface area contributed by atoms with Gasteiger partial charge in [0.05, 0.1) is 0 Å². The third-order valence-corrected chi connectivity index (χ3v) is 2.41. The molecule has 0 fully saturated rings. The smallest absolute Gasteiger partial charge is 0.129 e. The third kappa shape index (κ3) is 2.97. The zero-order valence-corrected chi connectivity index (χ0v) is 11.3. The molecule has 0 radical (unpaired) electrons. The van der Waals surface area contributed by atoms with Crippen LogP contribution in [0.25, 0.3) is 0 Å². The molecule has 0 aromatic heterocycles. The first-order chi connectivity index (χ1) is 7.61. The van der Waals surface area contributed by atoms with E-state index in [1.165, 1.54) is 6.07 Å². The molecule has 1 aliphatic rings. The summed E-state index contributed by atoms with van der Waals surface area (Å²) in [5.74, 6) is -0.0949. The predicted molar refractivity (Wildman–Crippen MR) is 70.6 cm³/mol. The molecule has 16 heavy (non-hydrogen) atoms. The molecule has 0 amide bonds. The van der Waals surface area contributed by atoms with Gasteiger partial charge in [-0.1, -0.05) is 47.6 Å². The lowest BCUT2D eigenvalue weighted by Crippen LogP contribution is -2.20. The maximum atomic E-state index is 13.3. The highest BCUT2D eigenvalue weighted by atomic mass is 19.1. The fourth-order valence-corrected chi connectivity index (χ4v) is 1.76. The van der Waals surface area contributed by atoms with Crippen LogP contribution in [0.5, 0.6) is 0 Å². The summed E-state index contributed by atoms with van der Waals surface area (Å²) in [5.41, 5.74) is 1.70. The Morgan fingerprint density at radius 3 is 2.19 bits per heavy atom. The minimum absolute atomic E-state index is 0.0688. The van der Waals surface area contributed by atoms with Crippen molar-refractivity contribution in [3.05, 3.63) is 29.6 Å². The molecule has 92 valence electrons. The topological polar surface area (TPSA) is 12.0 Å². The highest BCUT2D eigenvalue weighted by molar-refractivity contribution is 5.60. The van der Waals surface area contributed by atoms with Gasteiger partial charge < -0.3 is 5.32 Å². The third-order valence-electron chi connectivity index (χ3n) is 2.41. The zero-order chi connectivity index (χ0) is 12.8. The Balaban J connectivity index is 0.000000509. The Morgan fingerprint density at radius 1 is 1.12 bits per heavy atom. The summed E-state index contributed by atoms with van der Waals surface area (Å²) >= 11 is 0. The van der Waals surface area contributed by atoms with Crippen LogP contribution in [-0.4, -0.2) is 6.54 Å². The van der Waals surface area contributed by atoms with Gasteiger partial charge in [-0.15, -0.1) is 0 Å². The summed E-state index contributed by atoms with van der Waals surface area (Å²) in [6.07, 6.45) is 0. The molecule has 1 aromatic rings. The second-order valence-corrected chi connectivity index (χ2v) is 3.90. The van der Waals surface area contributed by atoms with Gasteiger partial charge in [0.2, 0.25) is 0 Å². The Bertz CT molecular complexity index is 319. The first-order valence-corrected chi connectivity index (χ1v) is 6.14. The summed E-state index contributed by atoms with van der Waals surface area (Å²) < 4.78 is 13.3. The lowest BCUT2D eigenvalue weighted by Gasteiger charge is -2.17. The Labute approximate surface area is 99.1 Å². The van der Waals surface area contributed by atoms with Crippen molar-refractivity contribution in [1.29, 1.82) is 0 Å². The number of fused-ring (bicyclic) bond motifs is 1. The number of halogens is 1. The number of benzene rings is 1. The fraction of sp³-hybridized carbons (Fsp3) is 0.571. The number of hydrogen-bond donors (Lipinski definition) is 1. The van der Waals surface area contributed by atoms with Crippen molar-refractivity contribution in [2.75, 3.05) is 11.9 Å². The second kappa shape index (κ2) is 6.51. The van der Waals surface area contributed by atoms with Crippen LogP contribution in [0.4, 0.5) is 10.1 Å². The van der Waals surface area contributed by atoms with Gasteiger partial charge >= 0.3 is 0 Å². The van der Waals surface area contributed by atoms with Crippen LogP contribution >= 0.6 is 0 Å². The summed E-state index contributed by atoms with van der Waals surface area (Å²) in [4.78, 5) is 0. The van der Waals surface area contributed by atoms with Crippen LogP contribution in [0, 0.1) is 5.82 Å². The highest BCUT2D eigenvalue weighted by Crippen LogP contribution is 2.37. The standard InChI is InChI=1S/C10H12FN.2C2H6/c1-10(2)6-12-8-5-3-4-7(11)9(8)10;2*1-2/h3-5,12H,6H2,1-2H3;2*1-2H3. The molecule has 0 atom stereocenters. The number of hydrogen-bond acceptors (Lipinski definition) is 1. The number of rotatable bonds is 0. The normalized spacial score (nSPS) is 14.7. The summed E-state index contributed by atoms with van der Waals surface area (Å²) in [6.45, 7) is 12.9. The predicted octanol–water partition coefficient (Wildman–Crippen LogP) is 4.58. The van der Waals surface area contributed by atoms with Gasteiger partial charge in [-0.05, 0) is 12.1 Å². The molecule has 0 unspecified atom stereocenters. The van der Waals surface area contributed by atoms with E-state index in [9.17, 15) is 4.39 Å². The van der Waals surface area contributed by atoms with Gasteiger partial charge in [-0.2, -0.15) is 0 Å². The molecule has 1 aliphatic heterocycles. The van der Waals surface area contributed by atoms with Crippen molar-refractivity contribution >= 4 is 5.69 Å². The van der Waals surface area contributed by atoms with Crippen LogP contribution in [0.2, 0.25) is 0 Å². The molecule has 0 bridgehead atoms. The first kappa shape index (κ1) is 14.9. The van der Waals surface area contributed by atoms with E-state index in [1.807, 2.05) is 33.8 Å². The Hall–Kier alpha value is -1.05. The van der Waals surface area contributed by atoms with Crippen molar-refractivity contribution in [3.8, 4) is 0 Å². The van der Waals surface area contributed by atoms with Crippen molar-refractivity contribution in [2.45, 2.75) is 47.0 Å². The van der Waals surface area contributed by atoms with Crippen molar-refractivity contribution < 1.29 is 4.39 Å². The Morgan fingerprint density at radius 2 is 1.69 bits per heavy atom. The second-order valence-electron chi connectivity index (χ2n) is 3.90. The van der Waals surface area contributed by atoms with Gasteiger partial charge in [-0.3, -0.25) is 0 Å². The first-order valence-electron chi connectivity index (χ1n) is 6.14. The molecule has 1 heterocycles.